The number of rotatable bonds is 2. The molecule has 2 atom stereocenters. The highest BCUT2D eigenvalue weighted by atomic mass is 19.1. The highest BCUT2D eigenvalue weighted by Gasteiger charge is 2.30. The first-order valence-corrected chi connectivity index (χ1v) is 6.13. The zero-order chi connectivity index (χ0) is 11.5. The Bertz CT molecular complexity index is 323. The molecule has 0 bridgehead atoms. The molecule has 0 unspecified atom stereocenters. The van der Waals surface area contributed by atoms with Gasteiger partial charge >= 0.3 is 0 Å². The Kier molecular flexibility index (Phi) is 3.59. The lowest BCUT2D eigenvalue weighted by Gasteiger charge is -2.40. The van der Waals surface area contributed by atoms with Gasteiger partial charge in [0.25, 0.3) is 0 Å². The van der Waals surface area contributed by atoms with Crippen LogP contribution in [0.15, 0.2) is 30.3 Å². The number of alkyl halides is 1. The van der Waals surface area contributed by atoms with Crippen LogP contribution in [0.3, 0.4) is 0 Å². The standard InChI is InChI=1S/C14H20FN/c1-11(2)16-9-8-13(15)10-14(16)12-6-4-3-5-7-12/h3-7,11,13-14H,8-10H2,1-2H3/t13-,14-/m1/s1. The summed E-state index contributed by atoms with van der Waals surface area (Å²) in [6.45, 7) is 5.25. The lowest BCUT2D eigenvalue weighted by molar-refractivity contribution is 0.0646. The molecule has 0 saturated carbocycles. The summed E-state index contributed by atoms with van der Waals surface area (Å²) >= 11 is 0. The van der Waals surface area contributed by atoms with E-state index in [1.807, 2.05) is 18.2 Å². The second-order valence-electron chi connectivity index (χ2n) is 4.88. The van der Waals surface area contributed by atoms with Crippen LogP contribution in [0.4, 0.5) is 4.39 Å². The lowest BCUT2D eigenvalue weighted by Crippen LogP contribution is -2.41. The molecule has 16 heavy (non-hydrogen) atoms. The van der Waals surface area contributed by atoms with Crippen molar-refractivity contribution in [2.24, 2.45) is 0 Å². The van der Waals surface area contributed by atoms with Gasteiger partial charge in [0.05, 0.1) is 0 Å². The Labute approximate surface area is 97.3 Å². The van der Waals surface area contributed by atoms with Gasteiger partial charge in [-0.25, -0.2) is 4.39 Å². The summed E-state index contributed by atoms with van der Waals surface area (Å²) in [7, 11) is 0. The van der Waals surface area contributed by atoms with Crippen molar-refractivity contribution in [3.8, 4) is 0 Å². The normalized spacial score (nSPS) is 27.2. The van der Waals surface area contributed by atoms with E-state index in [4.69, 9.17) is 0 Å². The molecule has 1 saturated heterocycles. The molecule has 0 N–H and O–H groups in total. The molecule has 1 aliphatic rings. The topological polar surface area (TPSA) is 3.24 Å². The summed E-state index contributed by atoms with van der Waals surface area (Å²) in [5, 5.41) is 0. The van der Waals surface area contributed by atoms with Gasteiger partial charge in [0.15, 0.2) is 0 Å². The summed E-state index contributed by atoms with van der Waals surface area (Å²) in [6, 6.07) is 11.0. The van der Waals surface area contributed by atoms with E-state index in [1.165, 1.54) is 5.56 Å². The van der Waals surface area contributed by atoms with Crippen LogP contribution in [-0.2, 0) is 0 Å². The first-order valence-electron chi connectivity index (χ1n) is 6.13. The maximum absolute atomic E-state index is 13.5. The Hall–Kier alpha value is -0.890. The van der Waals surface area contributed by atoms with E-state index in [0.29, 0.717) is 18.9 Å². The predicted octanol–water partition coefficient (Wildman–Crippen LogP) is 3.57. The van der Waals surface area contributed by atoms with Crippen molar-refractivity contribution >= 4 is 0 Å². The molecular formula is C14H20FN. The van der Waals surface area contributed by atoms with Crippen LogP contribution in [-0.4, -0.2) is 23.7 Å². The van der Waals surface area contributed by atoms with Crippen LogP contribution in [0.25, 0.3) is 0 Å². The van der Waals surface area contributed by atoms with Crippen LogP contribution < -0.4 is 0 Å². The molecular weight excluding hydrogens is 201 g/mol. The zero-order valence-electron chi connectivity index (χ0n) is 10.1. The minimum atomic E-state index is -0.639. The Morgan fingerprint density at radius 3 is 2.56 bits per heavy atom. The summed E-state index contributed by atoms with van der Waals surface area (Å²) in [5.41, 5.74) is 1.25. The fraction of sp³-hybridized carbons (Fsp3) is 0.571. The van der Waals surface area contributed by atoms with Gasteiger partial charge in [0.2, 0.25) is 0 Å². The first-order chi connectivity index (χ1) is 7.68. The average molecular weight is 221 g/mol. The number of piperidine rings is 1. The van der Waals surface area contributed by atoms with Gasteiger partial charge in [-0.2, -0.15) is 0 Å². The van der Waals surface area contributed by atoms with E-state index in [2.05, 4.69) is 30.9 Å². The van der Waals surface area contributed by atoms with Gasteiger partial charge in [0.1, 0.15) is 6.17 Å². The molecule has 88 valence electrons. The molecule has 0 aromatic heterocycles. The van der Waals surface area contributed by atoms with E-state index >= 15 is 0 Å². The molecule has 1 heterocycles. The largest absolute Gasteiger partial charge is 0.294 e. The summed E-state index contributed by atoms with van der Waals surface area (Å²) in [6.07, 6.45) is 0.684. The smallest absolute Gasteiger partial charge is 0.103 e. The number of hydrogen-bond acceptors (Lipinski definition) is 1. The highest BCUT2D eigenvalue weighted by Crippen LogP contribution is 2.33. The summed E-state index contributed by atoms with van der Waals surface area (Å²) < 4.78 is 13.5. The first kappa shape index (κ1) is 11.6. The molecule has 1 nitrogen and oxygen atoms in total. The molecule has 0 amide bonds. The van der Waals surface area contributed by atoms with Crippen LogP contribution in [0.1, 0.15) is 38.3 Å². The van der Waals surface area contributed by atoms with E-state index in [9.17, 15) is 4.39 Å². The van der Waals surface area contributed by atoms with Gasteiger partial charge < -0.3 is 0 Å². The van der Waals surface area contributed by atoms with E-state index in [1.54, 1.807) is 0 Å². The van der Waals surface area contributed by atoms with Crippen molar-refractivity contribution in [3.63, 3.8) is 0 Å². The van der Waals surface area contributed by atoms with Gasteiger partial charge in [-0.15, -0.1) is 0 Å². The second kappa shape index (κ2) is 4.96. The minimum absolute atomic E-state index is 0.255. The minimum Gasteiger partial charge on any atom is -0.294 e. The third-order valence-electron chi connectivity index (χ3n) is 3.43. The molecule has 1 aliphatic heterocycles. The predicted molar refractivity (Wildman–Crippen MR) is 65.2 cm³/mol. The van der Waals surface area contributed by atoms with E-state index < -0.39 is 6.17 Å². The molecule has 0 spiro atoms. The molecule has 1 aromatic rings. The second-order valence-corrected chi connectivity index (χ2v) is 4.88. The van der Waals surface area contributed by atoms with Crippen LogP contribution >= 0.6 is 0 Å². The maximum atomic E-state index is 13.5. The molecule has 1 aromatic carbocycles. The van der Waals surface area contributed by atoms with Crippen LogP contribution in [0, 0.1) is 0 Å². The van der Waals surface area contributed by atoms with Gasteiger partial charge in [0, 0.05) is 18.6 Å². The highest BCUT2D eigenvalue weighted by molar-refractivity contribution is 5.20. The maximum Gasteiger partial charge on any atom is 0.103 e. The monoisotopic (exact) mass is 221 g/mol. The van der Waals surface area contributed by atoms with Crippen molar-refractivity contribution < 1.29 is 4.39 Å². The van der Waals surface area contributed by atoms with Crippen LogP contribution in [0.2, 0.25) is 0 Å². The number of hydrogen-bond donors (Lipinski definition) is 0. The third-order valence-corrected chi connectivity index (χ3v) is 3.43. The Balaban J connectivity index is 2.21. The summed E-state index contributed by atoms with van der Waals surface area (Å²) in [5.74, 6) is 0. The number of benzene rings is 1. The van der Waals surface area contributed by atoms with Crippen molar-refractivity contribution in [1.82, 2.24) is 4.90 Å². The van der Waals surface area contributed by atoms with Gasteiger partial charge in [-0.05, 0) is 32.3 Å². The number of halogens is 1. The SMILES string of the molecule is CC(C)N1CC[C@@H](F)C[C@@H]1c1ccccc1. The quantitative estimate of drug-likeness (QED) is 0.738. The molecule has 1 fully saturated rings. The van der Waals surface area contributed by atoms with Crippen molar-refractivity contribution in [1.29, 1.82) is 0 Å². The Morgan fingerprint density at radius 1 is 1.25 bits per heavy atom. The average Bonchev–Trinajstić information content (AvgIpc) is 2.29. The van der Waals surface area contributed by atoms with Crippen molar-refractivity contribution in [2.45, 2.75) is 44.9 Å². The van der Waals surface area contributed by atoms with Gasteiger partial charge in [-0.1, -0.05) is 30.3 Å². The Morgan fingerprint density at radius 2 is 1.94 bits per heavy atom. The number of likely N-dealkylation sites (tertiary alicyclic amines) is 1. The zero-order valence-corrected chi connectivity index (χ0v) is 10.1. The molecule has 2 heteroatoms. The fourth-order valence-electron chi connectivity index (χ4n) is 2.56. The third kappa shape index (κ3) is 2.43. The van der Waals surface area contributed by atoms with Crippen LogP contribution in [0.5, 0.6) is 0 Å². The van der Waals surface area contributed by atoms with Crippen molar-refractivity contribution in [3.05, 3.63) is 35.9 Å². The lowest BCUT2D eigenvalue weighted by atomic mass is 9.93. The molecule has 0 radical (unpaired) electrons. The number of nitrogens with zero attached hydrogens (tertiary/aromatic N) is 1. The van der Waals surface area contributed by atoms with E-state index in [-0.39, 0.29) is 6.04 Å². The summed E-state index contributed by atoms with van der Waals surface area (Å²) in [4.78, 5) is 2.41. The fourth-order valence-corrected chi connectivity index (χ4v) is 2.56. The molecule has 2 rings (SSSR count). The van der Waals surface area contributed by atoms with E-state index in [0.717, 1.165) is 6.54 Å². The molecule has 0 aliphatic carbocycles. The van der Waals surface area contributed by atoms with Gasteiger partial charge in [-0.3, -0.25) is 4.90 Å². The van der Waals surface area contributed by atoms with Crippen molar-refractivity contribution in [2.75, 3.05) is 6.54 Å².